The van der Waals surface area contributed by atoms with Gasteiger partial charge in [-0.05, 0) is 44.0 Å². The van der Waals surface area contributed by atoms with Crippen molar-refractivity contribution in [2.75, 3.05) is 24.3 Å². The van der Waals surface area contributed by atoms with Crippen LogP contribution in [0.2, 0.25) is 0 Å². The minimum absolute atomic E-state index is 0.259. The van der Waals surface area contributed by atoms with Gasteiger partial charge in [-0.15, -0.1) is 0 Å². The zero-order chi connectivity index (χ0) is 19.2. The number of hydrogen-bond donors (Lipinski definition) is 2. The molecule has 8 nitrogen and oxygen atoms in total. The number of aryl methyl sites for hydroxylation is 2. The number of hydrogen-bond acceptors (Lipinski definition) is 7. The van der Waals surface area contributed by atoms with Gasteiger partial charge < -0.3 is 19.9 Å². The predicted octanol–water partition coefficient (Wildman–Crippen LogP) is 3.00. The first-order valence-electron chi connectivity index (χ1n) is 8.50. The Morgan fingerprint density at radius 3 is 2.59 bits per heavy atom. The first-order valence-corrected chi connectivity index (χ1v) is 8.50. The Labute approximate surface area is 157 Å². The molecule has 0 saturated heterocycles. The molecular weight excluding hydrogens is 346 g/mol. The number of benzene rings is 1. The van der Waals surface area contributed by atoms with Crippen LogP contribution in [-0.2, 0) is 6.42 Å². The number of rotatable bonds is 7. The van der Waals surface area contributed by atoms with E-state index in [4.69, 9.17) is 9.26 Å². The van der Waals surface area contributed by atoms with E-state index in [1.807, 2.05) is 31.2 Å². The van der Waals surface area contributed by atoms with Crippen molar-refractivity contribution in [1.82, 2.24) is 15.1 Å². The maximum absolute atomic E-state index is 12.4. The lowest BCUT2D eigenvalue weighted by molar-refractivity contribution is 0.102. The summed E-state index contributed by atoms with van der Waals surface area (Å²) < 4.78 is 10.1. The van der Waals surface area contributed by atoms with Crippen LogP contribution in [0.15, 0.2) is 40.9 Å². The Balaban J connectivity index is 1.61. The Morgan fingerprint density at radius 1 is 1.15 bits per heavy atom. The fourth-order valence-corrected chi connectivity index (χ4v) is 2.48. The lowest BCUT2D eigenvalue weighted by Gasteiger charge is -2.08. The third-order valence-corrected chi connectivity index (χ3v) is 3.81. The molecule has 0 saturated carbocycles. The van der Waals surface area contributed by atoms with Gasteiger partial charge in [0.15, 0.2) is 5.82 Å². The second-order valence-electron chi connectivity index (χ2n) is 6.02. The van der Waals surface area contributed by atoms with Gasteiger partial charge in [-0.3, -0.25) is 4.79 Å². The number of aromatic nitrogens is 3. The van der Waals surface area contributed by atoms with Crippen LogP contribution in [-0.4, -0.2) is 34.7 Å². The van der Waals surface area contributed by atoms with Gasteiger partial charge in [0.05, 0.1) is 7.11 Å². The molecule has 27 heavy (non-hydrogen) atoms. The summed E-state index contributed by atoms with van der Waals surface area (Å²) in [6.45, 7) is 4.20. The van der Waals surface area contributed by atoms with E-state index >= 15 is 0 Å². The molecule has 0 spiro atoms. The van der Waals surface area contributed by atoms with Gasteiger partial charge in [0, 0.05) is 18.3 Å². The van der Waals surface area contributed by atoms with Crippen LogP contribution in [0.1, 0.15) is 27.5 Å². The van der Waals surface area contributed by atoms with E-state index in [9.17, 15) is 4.79 Å². The molecule has 140 valence electrons. The van der Waals surface area contributed by atoms with E-state index in [-0.39, 0.29) is 11.6 Å². The summed E-state index contributed by atoms with van der Waals surface area (Å²) in [5, 5.41) is 9.56. The summed E-state index contributed by atoms with van der Waals surface area (Å²) in [5.74, 6) is 1.83. The third kappa shape index (κ3) is 5.04. The van der Waals surface area contributed by atoms with Crippen LogP contribution in [0.25, 0.3) is 0 Å². The minimum atomic E-state index is -0.369. The van der Waals surface area contributed by atoms with Crippen molar-refractivity contribution in [3.8, 4) is 5.75 Å². The van der Waals surface area contributed by atoms with Crippen LogP contribution >= 0.6 is 0 Å². The largest absolute Gasteiger partial charge is 0.497 e. The highest BCUT2D eigenvalue weighted by atomic mass is 16.5. The number of nitrogens with one attached hydrogen (secondary N) is 2. The monoisotopic (exact) mass is 367 g/mol. The van der Waals surface area contributed by atoms with Gasteiger partial charge in [0.1, 0.15) is 17.2 Å². The number of ether oxygens (including phenoxy) is 1. The van der Waals surface area contributed by atoms with Gasteiger partial charge in [-0.2, -0.15) is 0 Å². The number of anilines is 2. The van der Waals surface area contributed by atoms with Gasteiger partial charge >= 0.3 is 0 Å². The molecule has 0 fully saturated rings. The molecule has 1 aromatic carbocycles. The van der Waals surface area contributed by atoms with Crippen molar-refractivity contribution < 1.29 is 14.1 Å². The molecule has 3 rings (SSSR count). The van der Waals surface area contributed by atoms with Crippen molar-refractivity contribution in [2.24, 2.45) is 0 Å². The molecule has 3 aromatic rings. The molecule has 0 aliphatic rings. The van der Waals surface area contributed by atoms with Gasteiger partial charge in [-0.1, -0.05) is 17.3 Å². The van der Waals surface area contributed by atoms with E-state index in [0.717, 1.165) is 17.7 Å². The molecule has 0 aliphatic heterocycles. The highest BCUT2D eigenvalue weighted by molar-refractivity contribution is 6.02. The molecule has 0 atom stereocenters. The predicted molar refractivity (Wildman–Crippen MR) is 101 cm³/mol. The smallest absolute Gasteiger partial charge is 0.275 e. The summed E-state index contributed by atoms with van der Waals surface area (Å²) in [6, 6.07) is 11.1. The number of methoxy groups -OCH3 is 1. The highest BCUT2D eigenvalue weighted by Crippen LogP contribution is 2.13. The Kier molecular flexibility index (Phi) is 5.65. The van der Waals surface area contributed by atoms with E-state index < -0.39 is 0 Å². The second kappa shape index (κ2) is 8.31. The highest BCUT2D eigenvalue weighted by Gasteiger charge is 2.13. The SMILES string of the molecule is COc1ccc(CCNc2nc(C)cc(C(=O)Nc3cc(C)on3)n2)cc1. The van der Waals surface area contributed by atoms with Crippen LogP contribution in [0.4, 0.5) is 11.8 Å². The minimum Gasteiger partial charge on any atom is -0.497 e. The molecule has 0 bridgehead atoms. The van der Waals surface area contributed by atoms with Crippen LogP contribution in [0, 0.1) is 13.8 Å². The standard InChI is InChI=1S/C19H21N5O3/c1-12-10-16(18(25)23-17-11-13(2)27-24-17)22-19(21-12)20-9-8-14-4-6-15(26-3)7-5-14/h4-7,10-11H,8-9H2,1-3H3,(H,20,21,22)(H,23,24,25). The fourth-order valence-electron chi connectivity index (χ4n) is 2.48. The Bertz CT molecular complexity index is 921. The molecule has 2 heterocycles. The maximum atomic E-state index is 12.4. The molecule has 0 radical (unpaired) electrons. The maximum Gasteiger partial charge on any atom is 0.275 e. The molecule has 8 heteroatoms. The first kappa shape index (κ1) is 18.4. The van der Waals surface area contributed by atoms with Crippen molar-refractivity contribution in [3.63, 3.8) is 0 Å². The molecular formula is C19H21N5O3. The fraction of sp³-hybridized carbons (Fsp3) is 0.263. The number of nitrogens with zero attached hydrogens (tertiary/aromatic N) is 3. The van der Waals surface area contributed by atoms with Gasteiger partial charge in [0.25, 0.3) is 5.91 Å². The second-order valence-corrected chi connectivity index (χ2v) is 6.02. The lowest BCUT2D eigenvalue weighted by atomic mass is 10.1. The summed E-state index contributed by atoms with van der Waals surface area (Å²) in [4.78, 5) is 21.0. The van der Waals surface area contributed by atoms with Crippen molar-refractivity contribution >= 4 is 17.7 Å². The van der Waals surface area contributed by atoms with Crippen LogP contribution in [0.3, 0.4) is 0 Å². The molecule has 0 unspecified atom stereocenters. The molecule has 2 N–H and O–H groups in total. The van der Waals surface area contributed by atoms with Crippen LogP contribution in [0.5, 0.6) is 5.75 Å². The van der Waals surface area contributed by atoms with E-state index in [1.54, 1.807) is 26.2 Å². The topological polar surface area (TPSA) is 102 Å². The molecule has 1 amide bonds. The summed E-state index contributed by atoms with van der Waals surface area (Å²) >= 11 is 0. The van der Waals surface area contributed by atoms with Crippen molar-refractivity contribution in [2.45, 2.75) is 20.3 Å². The Hall–Kier alpha value is -3.42. The normalized spacial score (nSPS) is 10.5. The van der Waals surface area contributed by atoms with Gasteiger partial charge in [-0.25, -0.2) is 9.97 Å². The van der Waals surface area contributed by atoms with E-state index in [0.29, 0.717) is 29.8 Å². The van der Waals surface area contributed by atoms with Gasteiger partial charge in [0.2, 0.25) is 5.95 Å². The lowest BCUT2D eigenvalue weighted by Crippen LogP contribution is -2.17. The number of carbonyl (C=O) groups is 1. The number of amides is 1. The average molecular weight is 367 g/mol. The number of carbonyl (C=O) groups excluding carboxylic acids is 1. The molecule has 2 aromatic heterocycles. The van der Waals surface area contributed by atoms with Crippen LogP contribution < -0.4 is 15.4 Å². The van der Waals surface area contributed by atoms with E-state index in [2.05, 4.69) is 25.8 Å². The van der Waals surface area contributed by atoms with Crippen molar-refractivity contribution in [1.29, 1.82) is 0 Å². The first-order chi connectivity index (χ1) is 13.0. The summed E-state index contributed by atoms with van der Waals surface area (Å²) in [6.07, 6.45) is 0.793. The quantitative estimate of drug-likeness (QED) is 0.662. The average Bonchev–Trinajstić information content (AvgIpc) is 3.06. The zero-order valence-corrected chi connectivity index (χ0v) is 15.4. The zero-order valence-electron chi connectivity index (χ0n) is 15.4. The molecule has 0 aliphatic carbocycles. The third-order valence-electron chi connectivity index (χ3n) is 3.81. The summed E-state index contributed by atoms with van der Waals surface area (Å²) in [5.41, 5.74) is 2.11. The van der Waals surface area contributed by atoms with Crippen molar-refractivity contribution in [3.05, 3.63) is 59.1 Å². The van der Waals surface area contributed by atoms with E-state index in [1.165, 1.54) is 0 Å². The summed E-state index contributed by atoms with van der Waals surface area (Å²) in [7, 11) is 1.64. The Morgan fingerprint density at radius 2 is 1.93 bits per heavy atom.